The van der Waals surface area contributed by atoms with Crippen LogP contribution in [0.3, 0.4) is 0 Å². The lowest BCUT2D eigenvalue weighted by molar-refractivity contribution is 0.0704. The van der Waals surface area contributed by atoms with Crippen LogP contribution in [0.15, 0.2) is 29.1 Å². The van der Waals surface area contributed by atoms with Crippen molar-refractivity contribution in [1.29, 1.82) is 0 Å². The number of fused-ring (bicyclic) bond motifs is 1. The molecule has 3 aromatic rings. The number of nitrogens with one attached hydrogen (secondary N) is 1. The second kappa shape index (κ2) is 7.90. The second-order valence-corrected chi connectivity index (χ2v) is 9.19. The molecule has 1 saturated heterocycles. The number of carbonyl (C=O) groups excluding carboxylic acids is 1. The van der Waals surface area contributed by atoms with E-state index in [0.717, 1.165) is 24.5 Å². The number of hydrogen-bond donors (Lipinski definition) is 1. The van der Waals surface area contributed by atoms with Crippen LogP contribution in [0.25, 0.3) is 10.8 Å². The van der Waals surface area contributed by atoms with Gasteiger partial charge in [0.2, 0.25) is 0 Å². The van der Waals surface area contributed by atoms with Crippen LogP contribution < -0.4 is 5.56 Å². The summed E-state index contributed by atoms with van der Waals surface area (Å²) in [6.07, 6.45) is 4.05. The Balaban J connectivity index is 1.37. The molecule has 1 aromatic carbocycles. The number of piperidine rings is 1. The maximum absolute atomic E-state index is 13.4. The molecule has 1 aliphatic heterocycles. The second-order valence-electron chi connectivity index (χ2n) is 9.19. The van der Waals surface area contributed by atoms with Crippen LogP contribution >= 0.6 is 0 Å². The molecule has 2 aromatic heterocycles. The Hall–Kier alpha value is -3.03. The van der Waals surface area contributed by atoms with Crippen LogP contribution in [0.2, 0.25) is 0 Å². The fourth-order valence-electron chi connectivity index (χ4n) is 4.36. The van der Waals surface area contributed by atoms with E-state index >= 15 is 0 Å². The van der Waals surface area contributed by atoms with Crippen molar-refractivity contribution in [2.24, 2.45) is 5.92 Å². The van der Waals surface area contributed by atoms with E-state index in [2.05, 4.69) is 15.3 Å². The number of benzene rings is 1. The molecule has 0 radical (unpaired) electrons. The van der Waals surface area contributed by atoms with Crippen molar-refractivity contribution in [3.63, 3.8) is 0 Å². The molecule has 1 N–H and O–H groups in total. The molecule has 0 bridgehead atoms. The first-order valence-electron chi connectivity index (χ1n) is 11.2. The van der Waals surface area contributed by atoms with E-state index < -0.39 is 0 Å². The first-order valence-corrected chi connectivity index (χ1v) is 11.2. The zero-order valence-corrected chi connectivity index (χ0v) is 18.0. The summed E-state index contributed by atoms with van der Waals surface area (Å²) in [5.74, 6) is 2.87. The number of likely N-dealkylation sites (tertiary alicyclic amines) is 1. The number of aromatic nitrogens is 5. The molecular formula is C23H28N6O2. The minimum absolute atomic E-state index is 0.108. The monoisotopic (exact) mass is 420 g/mol. The Bertz CT molecular complexity index is 1170. The number of hydrogen-bond acceptors (Lipinski definition) is 5. The minimum Gasteiger partial charge on any atom is -0.337 e. The van der Waals surface area contributed by atoms with Gasteiger partial charge in [0.1, 0.15) is 5.82 Å². The molecule has 8 heteroatoms. The maximum atomic E-state index is 13.4. The molecular weight excluding hydrogens is 392 g/mol. The standard InChI is InChI=1S/C23H28N6O2/c1-14(2)13-29-22(30)18-6-4-3-5-17(18)19(27-29)23(31)28-11-9-16(10-12-28)21-24-20(25-26-21)15-7-8-15/h3-6,14-16H,7-13H2,1-2H3,(H,24,25,26). The van der Waals surface area contributed by atoms with Crippen molar-refractivity contribution in [2.45, 2.75) is 57.9 Å². The summed E-state index contributed by atoms with van der Waals surface area (Å²) < 4.78 is 1.45. The lowest BCUT2D eigenvalue weighted by Crippen LogP contribution is -2.40. The van der Waals surface area contributed by atoms with Crippen LogP contribution in [-0.4, -0.2) is 48.9 Å². The first-order chi connectivity index (χ1) is 15.0. The third-order valence-electron chi connectivity index (χ3n) is 6.24. The van der Waals surface area contributed by atoms with Gasteiger partial charge in [0.25, 0.3) is 11.5 Å². The number of nitrogens with zero attached hydrogens (tertiary/aromatic N) is 5. The smallest absolute Gasteiger partial charge is 0.274 e. The molecule has 2 fully saturated rings. The number of H-pyrrole nitrogens is 1. The Morgan fingerprint density at radius 3 is 2.48 bits per heavy atom. The topological polar surface area (TPSA) is 96.8 Å². The highest BCUT2D eigenvalue weighted by atomic mass is 16.2. The molecule has 2 aliphatic rings. The van der Waals surface area contributed by atoms with Crippen molar-refractivity contribution < 1.29 is 4.79 Å². The first kappa shape index (κ1) is 19.9. The SMILES string of the molecule is CC(C)Cn1nc(C(=O)N2CCC(c3nc(C4CC4)n[nH]3)CC2)c2ccccc2c1=O. The Labute approximate surface area is 180 Å². The van der Waals surface area contributed by atoms with Gasteiger partial charge in [-0.05, 0) is 37.7 Å². The van der Waals surface area contributed by atoms with Gasteiger partial charge < -0.3 is 4.90 Å². The predicted octanol–water partition coefficient (Wildman–Crippen LogP) is 3.07. The Kier molecular flexibility index (Phi) is 5.08. The van der Waals surface area contributed by atoms with Gasteiger partial charge in [-0.25, -0.2) is 9.67 Å². The maximum Gasteiger partial charge on any atom is 0.274 e. The number of aromatic amines is 1. The molecule has 0 spiro atoms. The van der Waals surface area contributed by atoms with Crippen LogP contribution in [0.1, 0.15) is 73.5 Å². The Morgan fingerprint density at radius 1 is 1.10 bits per heavy atom. The van der Waals surface area contributed by atoms with E-state index in [1.54, 1.807) is 6.07 Å². The summed E-state index contributed by atoms with van der Waals surface area (Å²) >= 11 is 0. The van der Waals surface area contributed by atoms with E-state index in [1.165, 1.54) is 17.5 Å². The molecule has 1 aliphatic carbocycles. The third-order valence-corrected chi connectivity index (χ3v) is 6.24. The molecule has 162 valence electrons. The summed E-state index contributed by atoms with van der Waals surface area (Å²) in [5, 5.41) is 13.2. The average molecular weight is 421 g/mol. The van der Waals surface area contributed by atoms with Crippen LogP contribution in [0.5, 0.6) is 0 Å². The summed E-state index contributed by atoms with van der Waals surface area (Å²) in [6, 6.07) is 7.27. The lowest BCUT2D eigenvalue weighted by Gasteiger charge is -2.31. The number of amides is 1. The van der Waals surface area contributed by atoms with Gasteiger partial charge in [-0.1, -0.05) is 32.0 Å². The highest BCUT2D eigenvalue weighted by Gasteiger charge is 2.31. The van der Waals surface area contributed by atoms with E-state index in [9.17, 15) is 9.59 Å². The fraction of sp³-hybridized carbons (Fsp3) is 0.522. The van der Waals surface area contributed by atoms with Crippen molar-refractivity contribution in [3.05, 3.63) is 52.0 Å². The normalized spacial score (nSPS) is 17.6. The molecule has 8 nitrogen and oxygen atoms in total. The van der Waals surface area contributed by atoms with Crippen LogP contribution in [0, 0.1) is 5.92 Å². The summed E-state index contributed by atoms with van der Waals surface area (Å²) in [5.41, 5.74) is 0.223. The van der Waals surface area contributed by atoms with E-state index in [-0.39, 0.29) is 17.4 Å². The summed E-state index contributed by atoms with van der Waals surface area (Å²) in [4.78, 5) is 32.8. The average Bonchev–Trinajstić information content (AvgIpc) is 3.52. The molecule has 0 unspecified atom stereocenters. The van der Waals surface area contributed by atoms with Crippen molar-refractivity contribution in [3.8, 4) is 0 Å². The zero-order valence-electron chi connectivity index (χ0n) is 18.0. The zero-order chi connectivity index (χ0) is 21.5. The van der Waals surface area contributed by atoms with E-state index in [0.29, 0.717) is 47.9 Å². The van der Waals surface area contributed by atoms with Gasteiger partial charge in [-0.2, -0.15) is 10.2 Å². The highest BCUT2D eigenvalue weighted by molar-refractivity contribution is 6.04. The molecule has 31 heavy (non-hydrogen) atoms. The molecule has 0 atom stereocenters. The Morgan fingerprint density at radius 2 is 1.81 bits per heavy atom. The van der Waals surface area contributed by atoms with Gasteiger partial charge in [0.15, 0.2) is 11.5 Å². The minimum atomic E-state index is -0.142. The molecule has 1 saturated carbocycles. The summed E-state index contributed by atoms with van der Waals surface area (Å²) in [7, 11) is 0. The van der Waals surface area contributed by atoms with Gasteiger partial charge in [-0.15, -0.1) is 0 Å². The fourth-order valence-corrected chi connectivity index (χ4v) is 4.36. The van der Waals surface area contributed by atoms with Gasteiger partial charge >= 0.3 is 0 Å². The van der Waals surface area contributed by atoms with Crippen molar-refractivity contribution >= 4 is 16.7 Å². The molecule has 5 rings (SSSR count). The number of rotatable bonds is 5. The van der Waals surface area contributed by atoms with Crippen LogP contribution in [-0.2, 0) is 6.54 Å². The molecule has 1 amide bonds. The van der Waals surface area contributed by atoms with Gasteiger partial charge in [0.05, 0.1) is 5.39 Å². The third kappa shape index (κ3) is 3.86. The highest BCUT2D eigenvalue weighted by Crippen LogP contribution is 2.38. The van der Waals surface area contributed by atoms with Gasteiger partial charge in [0, 0.05) is 36.9 Å². The van der Waals surface area contributed by atoms with Crippen molar-refractivity contribution in [1.82, 2.24) is 29.9 Å². The van der Waals surface area contributed by atoms with E-state index in [1.807, 2.05) is 36.9 Å². The molecule has 3 heterocycles. The number of carbonyl (C=O) groups is 1. The largest absolute Gasteiger partial charge is 0.337 e. The van der Waals surface area contributed by atoms with Crippen LogP contribution in [0.4, 0.5) is 0 Å². The lowest BCUT2D eigenvalue weighted by atomic mass is 9.95. The van der Waals surface area contributed by atoms with E-state index in [4.69, 9.17) is 4.98 Å². The summed E-state index contributed by atoms with van der Waals surface area (Å²) in [6.45, 7) is 5.84. The predicted molar refractivity (Wildman–Crippen MR) is 117 cm³/mol. The van der Waals surface area contributed by atoms with Crippen molar-refractivity contribution in [2.75, 3.05) is 13.1 Å². The van der Waals surface area contributed by atoms with Gasteiger partial charge in [-0.3, -0.25) is 14.7 Å². The quantitative estimate of drug-likeness (QED) is 0.684.